The van der Waals surface area contributed by atoms with Crippen LogP contribution in [0.1, 0.15) is 17.4 Å². The molecule has 0 bridgehead atoms. The van der Waals surface area contributed by atoms with Crippen LogP contribution in [0.15, 0.2) is 41.0 Å². The van der Waals surface area contributed by atoms with Gasteiger partial charge in [0, 0.05) is 31.7 Å². The molecule has 2 aromatic rings. The van der Waals surface area contributed by atoms with E-state index in [-0.39, 0.29) is 6.04 Å². The van der Waals surface area contributed by atoms with E-state index in [4.69, 9.17) is 4.42 Å². The summed E-state index contributed by atoms with van der Waals surface area (Å²) in [6.45, 7) is 3.19. The summed E-state index contributed by atoms with van der Waals surface area (Å²) in [4.78, 5) is 2.10. The van der Waals surface area contributed by atoms with Gasteiger partial charge in [0.15, 0.2) is 0 Å². The molecule has 1 aromatic heterocycles. The molecule has 106 valence electrons. The number of halogens is 2. The van der Waals surface area contributed by atoms with Crippen molar-refractivity contribution in [2.75, 3.05) is 26.2 Å². The van der Waals surface area contributed by atoms with Crippen LogP contribution >= 0.6 is 0 Å². The van der Waals surface area contributed by atoms with Crippen molar-refractivity contribution in [1.82, 2.24) is 10.2 Å². The Morgan fingerprint density at radius 1 is 1.15 bits per heavy atom. The largest absolute Gasteiger partial charge is 0.467 e. The maximum atomic E-state index is 14.1. The minimum Gasteiger partial charge on any atom is -0.467 e. The molecular weight excluding hydrogens is 262 g/mol. The van der Waals surface area contributed by atoms with Crippen LogP contribution in [-0.4, -0.2) is 31.1 Å². The van der Waals surface area contributed by atoms with Crippen molar-refractivity contribution < 1.29 is 13.2 Å². The topological polar surface area (TPSA) is 28.4 Å². The number of rotatable bonds is 3. The molecule has 1 aliphatic heterocycles. The summed E-state index contributed by atoms with van der Waals surface area (Å²) >= 11 is 0. The summed E-state index contributed by atoms with van der Waals surface area (Å²) in [7, 11) is 0. The molecule has 1 aromatic carbocycles. The Hall–Kier alpha value is -1.72. The first-order valence-electron chi connectivity index (χ1n) is 6.69. The maximum absolute atomic E-state index is 14.1. The van der Waals surface area contributed by atoms with Gasteiger partial charge in [0.2, 0.25) is 0 Å². The van der Waals surface area contributed by atoms with Crippen molar-refractivity contribution >= 4 is 0 Å². The molecule has 0 radical (unpaired) electrons. The molecule has 1 saturated heterocycles. The predicted octanol–water partition coefficient (Wildman–Crippen LogP) is 2.55. The number of nitrogens with one attached hydrogen (secondary N) is 1. The molecule has 1 aliphatic rings. The van der Waals surface area contributed by atoms with E-state index in [2.05, 4.69) is 10.2 Å². The Morgan fingerprint density at radius 3 is 2.65 bits per heavy atom. The Kier molecular flexibility index (Phi) is 3.80. The molecule has 0 aliphatic carbocycles. The Balaban J connectivity index is 2.02. The van der Waals surface area contributed by atoms with Crippen molar-refractivity contribution in [3.05, 3.63) is 59.6 Å². The molecule has 20 heavy (non-hydrogen) atoms. The lowest BCUT2D eigenvalue weighted by Gasteiger charge is -2.34. The average molecular weight is 278 g/mol. The highest BCUT2D eigenvalue weighted by molar-refractivity contribution is 5.29. The van der Waals surface area contributed by atoms with Gasteiger partial charge in [-0.3, -0.25) is 4.90 Å². The molecule has 0 spiro atoms. The molecule has 1 fully saturated rings. The van der Waals surface area contributed by atoms with Crippen LogP contribution in [0.4, 0.5) is 8.78 Å². The Morgan fingerprint density at radius 2 is 1.95 bits per heavy atom. The van der Waals surface area contributed by atoms with Crippen molar-refractivity contribution in [2.45, 2.75) is 6.04 Å². The normalized spacial score (nSPS) is 18.1. The SMILES string of the molecule is Fc1ccc(F)c([C@H](c2ccco2)N2CCNCC2)c1. The number of benzene rings is 1. The number of piperazine rings is 1. The highest BCUT2D eigenvalue weighted by atomic mass is 19.1. The second-order valence-corrected chi connectivity index (χ2v) is 4.87. The Bertz CT molecular complexity index is 565. The molecule has 3 rings (SSSR count). The first kappa shape index (κ1) is 13.3. The lowest BCUT2D eigenvalue weighted by molar-refractivity contribution is 0.177. The Labute approximate surface area is 116 Å². The van der Waals surface area contributed by atoms with Gasteiger partial charge in [0.25, 0.3) is 0 Å². The first-order valence-corrected chi connectivity index (χ1v) is 6.69. The van der Waals surface area contributed by atoms with E-state index in [1.165, 1.54) is 12.1 Å². The van der Waals surface area contributed by atoms with Gasteiger partial charge in [-0.25, -0.2) is 8.78 Å². The van der Waals surface area contributed by atoms with Crippen molar-refractivity contribution in [2.24, 2.45) is 0 Å². The van der Waals surface area contributed by atoms with E-state index < -0.39 is 11.6 Å². The number of hydrogen-bond donors (Lipinski definition) is 1. The zero-order valence-corrected chi connectivity index (χ0v) is 11.0. The van der Waals surface area contributed by atoms with E-state index in [1.54, 1.807) is 18.4 Å². The second-order valence-electron chi connectivity index (χ2n) is 4.87. The van der Waals surface area contributed by atoms with Gasteiger partial charge in [-0.1, -0.05) is 0 Å². The van der Waals surface area contributed by atoms with Crippen LogP contribution in [0, 0.1) is 11.6 Å². The molecule has 0 amide bonds. The highest BCUT2D eigenvalue weighted by Crippen LogP contribution is 2.31. The summed E-state index contributed by atoms with van der Waals surface area (Å²) in [5.41, 5.74) is 0.321. The van der Waals surface area contributed by atoms with E-state index in [9.17, 15) is 8.78 Å². The van der Waals surface area contributed by atoms with Gasteiger partial charge < -0.3 is 9.73 Å². The van der Waals surface area contributed by atoms with Crippen molar-refractivity contribution in [3.8, 4) is 0 Å². The van der Waals surface area contributed by atoms with Crippen LogP contribution in [0.3, 0.4) is 0 Å². The van der Waals surface area contributed by atoms with Crippen LogP contribution in [0.2, 0.25) is 0 Å². The van der Waals surface area contributed by atoms with Crippen molar-refractivity contribution in [3.63, 3.8) is 0 Å². The van der Waals surface area contributed by atoms with E-state index in [1.807, 2.05) is 0 Å². The number of nitrogens with zero attached hydrogens (tertiary/aromatic N) is 1. The summed E-state index contributed by atoms with van der Waals surface area (Å²) < 4.78 is 33.1. The number of furan rings is 1. The smallest absolute Gasteiger partial charge is 0.128 e. The van der Waals surface area contributed by atoms with Gasteiger partial charge in [-0.05, 0) is 30.3 Å². The fourth-order valence-corrected chi connectivity index (χ4v) is 2.64. The molecule has 1 N–H and O–H groups in total. The van der Waals surface area contributed by atoms with Gasteiger partial charge in [0.1, 0.15) is 17.4 Å². The van der Waals surface area contributed by atoms with E-state index >= 15 is 0 Å². The van der Waals surface area contributed by atoms with Gasteiger partial charge >= 0.3 is 0 Å². The van der Waals surface area contributed by atoms with Gasteiger partial charge in [-0.2, -0.15) is 0 Å². The number of hydrogen-bond acceptors (Lipinski definition) is 3. The molecule has 0 saturated carbocycles. The molecule has 5 heteroatoms. The summed E-state index contributed by atoms with van der Waals surface area (Å²) in [5.74, 6) is -0.212. The molecular formula is C15H16F2N2O. The molecule has 1 atom stereocenters. The third kappa shape index (κ3) is 2.59. The lowest BCUT2D eigenvalue weighted by Crippen LogP contribution is -2.45. The predicted molar refractivity (Wildman–Crippen MR) is 71.4 cm³/mol. The standard InChI is InChI=1S/C15H16F2N2O/c16-11-3-4-13(17)12(10-11)15(14-2-1-9-20-14)19-7-5-18-6-8-19/h1-4,9-10,15,18H,5-8H2/t15-/m1/s1. The summed E-state index contributed by atoms with van der Waals surface area (Å²) in [6.07, 6.45) is 1.56. The quantitative estimate of drug-likeness (QED) is 0.935. The first-order chi connectivity index (χ1) is 9.75. The van der Waals surface area contributed by atoms with Crippen molar-refractivity contribution in [1.29, 1.82) is 0 Å². The zero-order valence-electron chi connectivity index (χ0n) is 11.0. The van der Waals surface area contributed by atoms with Gasteiger partial charge in [0.05, 0.1) is 12.3 Å². The van der Waals surface area contributed by atoms with Gasteiger partial charge in [-0.15, -0.1) is 0 Å². The highest BCUT2D eigenvalue weighted by Gasteiger charge is 2.28. The average Bonchev–Trinajstić information content (AvgIpc) is 2.98. The fourth-order valence-electron chi connectivity index (χ4n) is 2.64. The minimum atomic E-state index is -0.437. The molecule has 3 nitrogen and oxygen atoms in total. The maximum Gasteiger partial charge on any atom is 0.128 e. The second kappa shape index (κ2) is 5.73. The molecule has 2 heterocycles. The van der Waals surface area contributed by atoms with Crippen LogP contribution in [0.25, 0.3) is 0 Å². The molecule has 0 unspecified atom stereocenters. The minimum absolute atomic E-state index is 0.321. The summed E-state index contributed by atoms with van der Waals surface area (Å²) in [6, 6.07) is 6.74. The third-order valence-electron chi connectivity index (χ3n) is 3.58. The van der Waals surface area contributed by atoms with Crippen LogP contribution < -0.4 is 5.32 Å². The summed E-state index contributed by atoms with van der Waals surface area (Å²) in [5, 5.41) is 3.25. The van der Waals surface area contributed by atoms with Crippen LogP contribution in [0.5, 0.6) is 0 Å². The van der Waals surface area contributed by atoms with E-state index in [0.717, 1.165) is 32.2 Å². The van der Waals surface area contributed by atoms with Crippen LogP contribution in [-0.2, 0) is 0 Å². The van der Waals surface area contributed by atoms with E-state index in [0.29, 0.717) is 11.3 Å². The third-order valence-corrected chi connectivity index (χ3v) is 3.58. The zero-order chi connectivity index (χ0) is 13.9. The lowest BCUT2D eigenvalue weighted by atomic mass is 10.0. The monoisotopic (exact) mass is 278 g/mol. The fraction of sp³-hybridized carbons (Fsp3) is 0.333.